The third kappa shape index (κ3) is 4.17. The highest BCUT2D eigenvalue weighted by Gasteiger charge is 2.54. The first kappa shape index (κ1) is 22.4. The van der Waals surface area contributed by atoms with Gasteiger partial charge in [-0.1, -0.05) is 42.3 Å². The Labute approximate surface area is 184 Å². The number of rotatable bonds is 4. The molecular formula is C22H28N2O5S2. The Morgan fingerprint density at radius 3 is 1.39 bits per heavy atom. The van der Waals surface area contributed by atoms with Crippen molar-refractivity contribution in [2.24, 2.45) is 5.41 Å². The fourth-order valence-electron chi connectivity index (χ4n) is 4.80. The number of β-amino-alcohol motifs (C(OH)–C–C–N with tert-alkyl or cyclic N) is 1. The number of nitrogens with zero attached hydrogens (tertiary/aromatic N) is 2. The van der Waals surface area contributed by atoms with E-state index in [0.29, 0.717) is 6.42 Å². The van der Waals surface area contributed by atoms with Crippen molar-refractivity contribution in [3.63, 3.8) is 0 Å². The van der Waals surface area contributed by atoms with E-state index in [1.54, 1.807) is 48.5 Å². The van der Waals surface area contributed by atoms with E-state index in [4.69, 9.17) is 0 Å². The van der Waals surface area contributed by atoms with Crippen LogP contribution in [0.5, 0.6) is 0 Å². The lowest BCUT2D eigenvalue weighted by molar-refractivity contribution is -0.102. The van der Waals surface area contributed by atoms with Gasteiger partial charge >= 0.3 is 0 Å². The van der Waals surface area contributed by atoms with Crippen LogP contribution >= 0.6 is 0 Å². The molecule has 0 saturated carbocycles. The van der Waals surface area contributed by atoms with Crippen LogP contribution in [0.1, 0.15) is 24.5 Å². The second kappa shape index (κ2) is 7.38. The molecule has 2 aliphatic rings. The molecule has 2 aromatic rings. The third-order valence-corrected chi connectivity index (χ3v) is 9.74. The van der Waals surface area contributed by atoms with Gasteiger partial charge in [0.1, 0.15) is 0 Å². The maximum atomic E-state index is 13.2. The molecule has 0 spiro atoms. The Bertz CT molecular complexity index is 1080. The molecule has 9 heteroatoms. The highest BCUT2D eigenvalue weighted by atomic mass is 32.2. The number of aryl methyl sites for hydroxylation is 2. The first-order valence-electron chi connectivity index (χ1n) is 10.2. The quantitative estimate of drug-likeness (QED) is 0.748. The van der Waals surface area contributed by atoms with Crippen molar-refractivity contribution in [1.82, 2.24) is 8.61 Å². The van der Waals surface area contributed by atoms with Crippen LogP contribution in [0.2, 0.25) is 0 Å². The van der Waals surface area contributed by atoms with E-state index >= 15 is 0 Å². The molecule has 0 unspecified atom stereocenters. The first-order valence-corrected chi connectivity index (χ1v) is 13.1. The number of fused-ring (bicyclic) bond motifs is 2. The molecule has 2 aromatic carbocycles. The van der Waals surface area contributed by atoms with Crippen LogP contribution in [0.15, 0.2) is 58.3 Å². The molecule has 0 atom stereocenters. The van der Waals surface area contributed by atoms with Crippen molar-refractivity contribution >= 4 is 20.0 Å². The summed E-state index contributed by atoms with van der Waals surface area (Å²) in [5.41, 5.74) is -0.254. The van der Waals surface area contributed by atoms with Crippen LogP contribution in [0.25, 0.3) is 0 Å². The molecule has 168 valence electrons. The van der Waals surface area contributed by atoms with Gasteiger partial charge in [-0.25, -0.2) is 16.8 Å². The SMILES string of the molecule is Cc1ccc(S(=O)(=O)N2CC3(C)CN(S(=O)(=O)c4ccc(C)cc4)CC(O)(C2)C3)cc1. The van der Waals surface area contributed by atoms with Gasteiger partial charge in [0.15, 0.2) is 0 Å². The zero-order valence-electron chi connectivity index (χ0n) is 17.9. The van der Waals surface area contributed by atoms with Crippen molar-refractivity contribution < 1.29 is 21.9 Å². The number of aliphatic hydroxyl groups is 1. The smallest absolute Gasteiger partial charge is 0.243 e. The minimum absolute atomic E-state index is 0.140. The summed E-state index contributed by atoms with van der Waals surface area (Å²) in [6.07, 6.45) is 0.347. The molecule has 2 heterocycles. The summed E-state index contributed by atoms with van der Waals surface area (Å²) in [4.78, 5) is 0.351. The summed E-state index contributed by atoms with van der Waals surface area (Å²) in [6, 6.07) is 13.2. The first-order chi connectivity index (χ1) is 14.3. The zero-order chi connectivity index (χ0) is 22.7. The lowest BCUT2D eigenvalue weighted by atomic mass is 9.72. The average molecular weight is 465 g/mol. The van der Waals surface area contributed by atoms with Crippen molar-refractivity contribution in [3.05, 3.63) is 59.7 Å². The number of sulfonamides is 2. The molecule has 0 aliphatic carbocycles. The van der Waals surface area contributed by atoms with E-state index in [2.05, 4.69) is 0 Å². The Balaban J connectivity index is 1.64. The Morgan fingerprint density at radius 2 is 1.06 bits per heavy atom. The van der Waals surface area contributed by atoms with Crippen LogP contribution in [-0.2, 0) is 20.0 Å². The summed E-state index contributed by atoms with van der Waals surface area (Å²) in [5, 5.41) is 11.3. The van der Waals surface area contributed by atoms with Gasteiger partial charge in [0.2, 0.25) is 20.0 Å². The number of benzene rings is 2. The molecule has 2 aliphatic heterocycles. The lowest BCUT2D eigenvalue weighted by Crippen LogP contribution is -2.67. The molecule has 2 saturated heterocycles. The van der Waals surface area contributed by atoms with Gasteiger partial charge in [-0.3, -0.25) is 0 Å². The van der Waals surface area contributed by atoms with Gasteiger partial charge in [0.25, 0.3) is 0 Å². The molecule has 0 aromatic heterocycles. The predicted octanol–water partition coefficient (Wildman–Crippen LogP) is 2.14. The van der Waals surface area contributed by atoms with E-state index in [-0.39, 0.29) is 36.0 Å². The minimum atomic E-state index is -3.80. The van der Waals surface area contributed by atoms with E-state index in [1.165, 1.54) is 8.61 Å². The maximum absolute atomic E-state index is 13.2. The van der Waals surface area contributed by atoms with Gasteiger partial charge in [-0.05, 0) is 49.9 Å². The van der Waals surface area contributed by atoms with E-state index in [9.17, 15) is 21.9 Å². The molecule has 1 N–H and O–H groups in total. The zero-order valence-corrected chi connectivity index (χ0v) is 19.6. The Hall–Kier alpha value is -1.78. The highest BCUT2D eigenvalue weighted by molar-refractivity contribution is 7.89. The number of hydrogen-bond donors (Lipinski definition) is 1. The monoisotopic (exact) mass is 464 g/mol. The maximum Gasteiger partial charge on any atom is 0.243 e. The standard InChI is InChI=1S/C22H28N2O5S2/c1-17-4-8-19(9-5-17)30(26,27)23-13-21(3)12-22(25,15-23)16-24(14-21)31(28,29)20-10-6-18(2)7-11-20/h4-11,25H,12-16H2,1-3H3. The van der Waals surface area contributed by atoms with E-state index in [1.807, 2.05) is 20.8 Å². The summed E-state index contributed by atoms with van der Waals surface area (Å²) in [5.74, 6) is 0. The molecule has 0 amide bonds. The van der Waals surface area contributed by atoms with E-state index in [0.717, 1.165) is 11.1 Å². The molecule has 4 rings (SSSR count). The predicted molar refractivity (Wildman–Crippen MR) is 118 cm³/mol. The molecule has 0 radical (unpaired) electrons. The summed E-state index contributed by atoms with van der Waals surface area (Å²) in [6.45, 7) is 5.61. The molecule has 2 fully saturated rings. The summed E-state index contributed by atoms with van der Waals surface area (Å²) < 4.78 is 55.5. The lowest BCUT2D eigenvalue weighted by Gasteiger charge is -2.54. The molecular weight excluding hydrogens is 436 g/mol. The van der Waals surface area contributed by atoms with Crippen LogP contribution in [0.3, 0.4) is 0 Å². The van der Waals surface area contributed by atoms with Gasteiger partial charge in [0.05, 0.1) is 15.4 Å². The van der Waals surface area contributed by atoms with Crippen molar-refractivity contribution in [1.29, 1.82) is 0 Å². The summed E-state index contributed by atoms with van der Waals surface area (Å²) in [7, 11) is -7.60. The van der Waals surface area contributed by atoms with Crippen LogP contribution in [0, 0.1) is 19.3 Å². The van der Waals surface area contributed by atoms with Crippen LogP contribution in [-0.4, -0.2) is 62.3 Å². The molecule has 7 nitrogen and oxygen atoms in total. The van der Waals surface area contributed by atoms with Gasteiger partial charge < -0.3 is 5.11 Å². The Kier molecular flexibility index (Phi) is 5.34. The van der Waals surface area contributed by atoms with E-state index < -0.39 is 31.1 Å². The van der Waals surface area contributed by atoms with Crippen LogP contribution in [0.4, 0.5) is 0 Å². The second-order valence-corrected chi connectivity index (χ2v) is 13.3. The average Bonchev–Trinajstić information content (AvgIpc) is 2.66. The molecule has 2 bridgehead atoms. The topological polar surface area (TPSA) is 95.0 Å². The van der Waals surface area contributed by atoms with Crippen LogP contribution < -0.4 is 0 Å². The number of piperidine rings is 2. The van der Waals surface area contributed by atoms with Crippen molar-refractivity contribution in [3.8, 4) is 0 Å². The summed E-state index contributed by atoms with van der Waals surface area (Å²) >= 11 is 0. The normalized spacial score (nSPS) is 27.9. The van der Waals surface area contributed by atoms with Crippen molar-refractivity contribution in [2.45, 2.75) is 42.6 Å². The highest BCUT2D eigenvalue weighted by Crippen LogP contribution is 2.43. The van der Waals surface area contributed by atoms with Gasteiger partial charge in [-0.15, -0.1) is 0 Å². The third-order valence-electron chi connectivity index (χ3n) is 6.13. The Morgan fingerprint density at radius 1 is 0.710 bits per heavy atom. The number of hydrogen-bond acceptors (Lipinski definition) is 5. The fraction of sp³-hybridized carbons (Fsp3) is 0.455. The minimum Gasteiger partial charge on any atom is -0.387 e. The van der Waals surface area contributed by atoms with Gasteiger partial charge in [0, 0.05) is 26.2 Å². The van der Waals surface area contributed by atoms with Crippen molar-refractivity contribution in [2.75, 3.05) is 26.2 Å². The van der Waals surface area contributed by atoms with Gasteiger partial charge in [-0.2, -0.15) is 8.61 Å². The fourth-order valence-corrected chi connectivity index (χ4v) is 8.14. The molecule has 31 heavy (non-hydrogen) atoms. The second-order valence-electron chi connectivity index (χ2n) is 9.38. The largest absolute Gasteiger partial charge is 0.387 e.